The first kappa shape index (κ1) is 23.9. The third-order valence-corrected chi connectivity index (χ3v) is 5.89. The van der Waals surface area contributed by atoms with Crippen LogP contribution in [-0.4, -0.2) is 45.2 Å². The molecule has 0 saturated carbocycles. The Morgan fingerprint density at radius 1 is 1.09 bits per heavy atom. The van der Waals surface area contributed by atoms with Crippen molar-refractivity contribution in [1.29, 1.82) is 0 Å². The first-order valence-electron chi connectivity index (χ1n) is 10.7. The molecule has 170 valence electrons. The van der Waals surface area contributed by atoms with Crippen molar-refractivity contribution in [3.63, 3.8) is 0 Å². The molecule has 7 heteroatoms. The largest absolute Gasteiger partial charge is 0.508 e. The van der Waals surface area contributed by atoms with E-state index in [1.165, 1.54) is 16.9 Å². The smallest absolute Gasteiger partial charge is 0.140 e. The minimum absolute atomic E-state index is 0.139. The highest BCUT2D eigenvalue weighted by Crippen LogP contribution is 2.22. The molecule has 0 aliphatic rings. The molecule has 3 N–H and O–H groups in total. The molecule has 0 fully saturated rings. The average Bonchev–Trinajstić information content (AvgIpc) is 3.20. The summed E-state index contributed by atoms with van der Waals surface area (Å²) >= 11 is 1.53. The monoisotopic (exact) mass is 453 g/mol. The number of para-hydroxylation sites is 1. The van der Waals surface area contributed by atoms with Crippen LogP contribution in [0.1, 0.15) is 41.4 Å². The van der Waals surface area contributed by atoms with E-state index in [0.29, 0.717) is 6.54 Å². The second kappa shape index (κ2) is 11.2. The lowest BCUT2D eigenvalue weighted by Gasteiger charge is -2.28. The van der Waals surface area contributed by atoms with E-state index in [0.717, 1.165) is 34.2 Å². The highest BCUT2D eigenvalue weighted by molar-refractivity contribution is 7.12. The molecule has 1 aromatic heterocycles. The number of hydrogen-bond donors (Lipinski definition) is 3. The maximum Gasteiger partial charge on any atom is 0.140 e. The fourth-order valence-corrected chi connectivity index (χ4v) is 3.74. The highest BCUT2D eigenvalue weighted by Gasteiger charge is 2.19. The van der Waals surface area contributed by atoms with Gasteiger partial charge in [-0.3, -0.25) is 0 Å². The minimum Gasteiger partial charge on any atom is -0.508 e. The molecule has 6 nitrogen and oxygen atoms in total. The van der Waals surface area contributed by atoms with Gasteiger partial charge in [0.05, 0.1) is 0 Å². The zero-order valence-corrected chi connectivity index (χ0v) is 19.6. The van der Waals surface area contributed by atoms with Crippen molar-refractivity contribution in [3.8, 4) is 11.5 Å². The van der Waals surface area contributed by atoms with E-state index in [2.05, 4.69) is 29.4 Å². The Kier molecular flexibility index (Phi) is 8.39. The fourth-order valence-electron chi connectivity index (χ4n) is 3.14. The van der Waals surface area contributed by atoms with Crippen LogP contribution in [0.3, 0.4) is 0 Å². The summed E-state index contributed by atoms with van der Waals surface area (Å²) in [5.41, 5.74) is 1.96. The summed E-state index contributed by atoms with van der Waals surface area (Å²) in [5.74, 6) is 0.997. The van der Waals surface area contributed by atoms with Gasteiger partial charge in [0.25, 0.3) is 0 Å². The van der Waals surface area contributed by atoms with Crippen molar-refractivity contribution in [2.24, 2.45) is 0 Å². The molecule has 3 rings (SSSR count). The molecule has 0 bridgehead atoms. The molecule has 3 aromatic rings. The van der Waals surface area contributed by atoms with Gasteiger partial charge < -0.3 is 20.3 Å². The molecular formula is C25H31N3O3S. The van der Waals surface area contributed by atoms with Gasteiger partial charge in [-0.2, -0.15) is 0 Å². The maximum absolute atomic E-state index is 10.4. The van der Waals surface area contributed by atoms with Crippen molar-refractivity contribution >= 4 is 23.5 Å². The van der Waals surface area contributed by atoms with E-state index < -0.39 is 6.10 Å². The number of aliphatic hydroxyl groups excluding tert-OH is 1. The van der Waals surface area contributed by atoms with Gasteiger partial charge in [-0.15, -0.1) is 10.2 Å². The number of aliphatic hydroxyl groups is 1. The van der Waals surface area contributed by atoms with E-state index >= 15 is 0 Å². The number of aromatic hydroxyl groups is 1. The predicted octanol–water partition coefficient (Wildman–Crippen LogP) is 4.46. The molecule has 32 heavy (non-hydrogen) atoms. The molecule has 1 heterocycles. The fraction of sp³-hybridized carbons (Fsp3) is 0.360. The van der Waals surface area contributed by atoms with Crippen molar-refractivity contribution in [1.82, 2.24) is 15.5 Å². The van der Waals surface area contributed by atoms with Crippen LogP contribution in [0, 0.1) is 6.92 Å². The summed E-state index contributed by atoms with van der Waals surface area (Å²) in [6, 6.07) is 15.0. The number of rotatable bonds is 11. The molecule has 0 aliphatic carbocycles. The first-order chi connectivity index (χ1) is 15.3. The standard InChI is InChI=1S/C25H31N3O3S/c1-18-27-28-24(32-18)13-10-20-6-4-5-7-23(20)31-17-22(30)16-26-25(2,3)15-14-19-8-11-21(29)12-9-19/h4-13,22,26,29-30H,14-17H2,1-3H3. The van der Waals surface area contributed by atoms with Crippen LogP contribution in [0.2, 0.25) is 0 Å². The van der Waals surface area contributed by atoms with E-state index in [4.69, 9.17) is 4.74 Å². The number of ether oxygens (including phenoxy) is 1. The number of nitrogens with zero attached hydrogens (tertiary/aromatic N) is 2. The lowest BCUT2D eigenvalue weighted by molar-refractivity contribution is 0.0981. The number of hydrogen-bond acceptors (Lipinski definition) is 7. The Morgan fingerprint density at radius 3 is 2.56 bits per heavy atom. The number of phenolic OH excluding ortho intramolecular Hbond substituents is 1. The molecule has 0 spiro atoms. The van der Waals surface area contributed by atoms with Gasteiger partial charge in [-0.05, 0) is 69.5 Å². The molecular weight excluding hydrogens is 422 g/mol. The zero-order chi connectivity index (χ0) is 23.0. The van der Waals surface area contributed by atoms with E-state index in [-0.39, 0.29) is 17.9 Å². The van der Waals surface area contributed by atoms with Crippen LogP contribution in [0.25, 0.3) is 12.2 Å². The van der Waals surface area contributed by atoms with Gasteiger partial charge in [0.15, 0.2) is 0 Å². The predicted molar refractivity (Wildman–Crippen MR) is 130 cm³/mol. The SMILES string of the molecule is Cc1nnc(C=Cc2ccccc2OCC(O)CNC(C)(C)CCc2ccc(O)cc2)s1. The van der Waals surface area contributed by atoms with Crippen LogP contribution < -0.4 is 10.1 Å². The third kappa shape index (κ3) is 7.75. The Hall–Kier alpha value is -2.74. The van der Waals surface area contributed by atoms with Gasteiger partial charge in [-0.25, -0.2) is 0 Å². The number of β-amino-alcohol motifs (C(OH)–C–C–N with tert-alkyl or cyclic N) is 1. The van der Waals surface area contributed by atoms with E-state index in [9.17, 15) is 10.2 Å². The molecule has 0 saturated heterocycles. The normalized spacial score (nSPS) is 12.9. The Bertz CT molecular complexity index is 1020. The topological polar surface area (TPSA) is 87.5 Å². The van der Waals surface area contributed by atoms with Gasteiger partial charge in [0.1, 0.15) is 34.2 Å². The van der Waals surface area contributed by atoms with Gasteiger partial charge in [0.2, 0.25) is 0 Å². The van der Waals surface area contributed by atoms with Crippen LogP contribution >= 0.6 is 11.3 Å². The lowest BCUT2D eigenvalue weighted by atomic mass is 9.95. The van der Waals surface area contributed by atoms with Gasteiger partial charge in [0, 0.05) is 17.6 Å². The second-order valence-electron chi connectivity index (χ2n) is 8.43. The maximum atomic E-state index is 10.4. The number of benzene rings is 2. The number of phenols is 1. The number of nitrogens with one attached hydrogen (secondary N) is 1. The van der Waals surface area contributed by atoms with Crippen LogP contribution in [-0.2, 0) is 6.42 Å². The van der Waals surface area contributed by atoms with Crippen molar-refractivity contribution in [2.75, 3.05) is 13.2 Å². The van der Waals surface area contributed by atoms with E-state index in [1.807, 2.05) is 55.5 Å². The van der Waals surface area contributed by atoms with Crippen LogP contribution in [0.4, 0.5) is 0 Å². The lowest BCUT2D eigenvalue weighted by Crippen LogP contribution is -2.45. The summed E-state index contributed by atoms with van der Waals surface area (Å²) in [4.78, 5) is 0. The van der Waals surface area contributed by atoms with Crippen molar-refractivity contribution < 1.29 is 14.9 Å². The van der Waals surface area contributed by atoms with Crippen molar-refractivity contribution in [2.45, 2.75) is 45.3 Å². The Balaban J connectivity index is 1.46. The van der Waals surface area contributed by atoms with Crippen LogP contribution in [0.15, 0.2) is 48.5 Å². The quantitative estimate of drug-likeness (QED) is 0.397. The first-order valence-corrected chi connectivity index (χ1v) is 11.5. The summed E-state index contributed by atoms with van der Waals surface area (Å²) in [6.07, 6.45) is 5.03. The molecule has 2 aromatic carbocycles. The molecule has 0 radical (unpaired) electrons. The van der Waals surface area contributed by atoms with Crippen molar-refractivity contribution in [3.05, 3.63) is 69.7 Å². The Labute approximate surface area is 193 Å². The molecule has 0 aliphatic heterocycles. The highest BCUT2D eigenvalue weighted by atomic mass is 32.1. The minimum atomic E-state index is -0.634. The second-order valence-corrected chi connectivity index (χ2v) is 9.64. The zero-order valence-electron chi connectivity index (χ0n) is 18.8. The molecule has 1 atom stereocenters. The summed E-state index contributed by atoms with van der Waals surface area (Å²) in [6.45, 7) is 6.80. The summed E-state index contributed by atoms with van der Waals surface area (Å²) < 4.78 is 5.90. The number of aryl methyl sites for hydroxylation is 2. The van der Waals surface area contributed by atoms with Gasteiger partial charge >= 0.3 is 0 Å². The third-order valence-electron chi connectivity index (χ3n) is 5.09. The van der Waals surface area contributed by atoms with Gasteiger partial charge in [-0.1, -0.05) is 41.7 Å². The summed E-state index contributed by atoms with van der Waals surface area (Å²) in [7, 11) is 0. The Morgan fingerprint density at radius 2 is 1.84 bits per heavy atom. The summed E-state index contributed by atoms with van der Waals surface area (Å²) in [5, 5.41) is 33.2. The number of aromatic nitrogens is 2. The van der Waals surface area contributed by atoms with E-state index in [1.54, 1.807) is 12.1 Å². The average molecular weight is 454 g/mol. The molecule has 1 unspecified atom stereocenters. The molecule has 0 amide bonds. The van der Waals surface area contributed by atoms with Crippen LogP contribution in [0.5, 0.6) is 11.5 Å².